The predicted octanol–water partition coefficient (Wildman–Crippen LogP) is 1.97. The number of nitrogens with zero attached hydrogens (tertiary/aromatic N) is 3. The van der Waals surface area contributed by atoms with Gasteiger partial charge in [-0.25, -0.2) is 0 Å². The normalized spacial score (nSPS) is 19.1. The van der Waals surface area contributed by atoms with E-state index >= 15 is 0 Å². The van der Waals surface area contributed by atoms with Gasteiger partial charge < -0.3 is 10.6 Å². The number of rotatable bonds is 2. The van der Waals surface area contributed by atoms with Crippen LogP contribution < -0.4 is 10.6 Å². The van der Waals surface area contributed by atoms with E-state index in [1.54, 1.807) is 0 Å². The molecule has 1 aliphatic rings. The molecule has 0 radical (unpaired) electrons. The van der Waals surface area contributed by atoms with Crippen LogP contribution in [0, 0.1) is 6.92 Å². The van der Waals surface area contributed by atoms with Crippen LogP contribution in [0.25, 0.3) is 11.4 Å². The molecule has 1 aliphatic heterocycles. The maximum Gasteiger partial charge on any atom is 0.245 e. The van der Waals surface area contributed by atoms with Crippen LogP contribution in [0.4, 0.5) is 5.95 Å². The fourth-order valence-electron chi connectivity index (χ4n) is 2.30. The van der Waals surface area contributed by atoms with Crippen molar-refractivity contribution in [2.24, 2.45) is 5.73 Å². The summed E-state index contributed by atoms with van der Waals surface area (Å²) < 4.78 is 0. The Labute approximate surface area is 116 Å². The molecule has 0 spiro atoms. The van der Waals surface area contributed by atoms with Crippen molar-refractivity contribution < 1.29 is 0 Å². The van der Waals surface area contributed by atoms with E-state index < -0.39 is 0 Å². The molecule has 100 valence electrons. The van der Waals surface area contributed by atoms with Crippen LogP contribution in [-0.4, -0.2) is 34.3 Å². The molecule has 0 saturated carbocycles. The molecule has 6 heteroatoms. The van der Waals surface area contributed by atoms with Crippen LogP contribution in [0.1, 0.15) is 12.0 Å². The van der Waals surface area contributed by atoms with E-state index in [9.17, 15) is 0 Å². The third-order valence-corrected chi connectivity index (χ3v) is 3.67. The van der Waals surface area contributed by atoms with Gasteiger partial charge in [-0.1, -0.05) is 17.7 Å². The summed E-state index contributed by atoms with van der Waals surface area (Å²) in [6.45, 7) is 3.71. The van der Waals surface area contributed by atoms with Crippen LogP contribution in [0.5, 0.6) is 0 Å². The highest BCUT2D eigenvalue weighted by Gasteiger charge is 2.22. The molecule has 1 saturated heterocycles. The third kappa shape index (κ3) is 2.43. The fraction of sp³-hybridized carbons (Fsp3) is 0.385. The summed E-state index contributed by atoms with van der Waals surface area (Å²) in [5, 5.41) is 7.88. The highest BCUT2D eigenvalue weighted by Crippen LogP contribution is 2.27. The second-order valence-electron chi connectivity index (χ2n) is 4.96. The van der Waals surface area contributed by atoms with Gasteiger partial charge in [0, 0.05) is 24.7 Å². The minimum absolute atomic E-state index is 0.213. The summed E-state index contributed by atoms with van der Waals surface area (Å²) in [6.07, 6.45) is 0.981. The highest BCUT2D eigenvalue weighted by atomic mass is 35.5. The van der Waals surface area contributed by atoms with Gasteiger partial charge in [0.05, 0.1) is 5.02 Å². The van der Waals surface area contributed by atoms with Crippen molar-refractivity contribution >= 4 is 17.5 Å². The Morgan fingerprint density at radius 3 is 3.00 bits per heavy atom. The minimum Gasteiger partial charge on any atom is -0.338 e. The van der Waals surface area contributed by atoms with Crippen LogP contribution in [0.15, 0.2) is 18.2 Å². The molecule has 19 heavy (non-hydrogen) atoms. The largest absolute Gasteiger partial charge is 0.338 e. The van der Waals surface area contributed by atoms with Gasteiger partial charge in [0.1, 0.15) is 0 Å². The first-order valence-corrected chi connectivity index (χ1v) is 6.71. The van der Waals surface area contributed by atoms with E-state index in [0.29, 0.717) is 16.8 Å². The Morgan fingerprint density at radius 2 is 2.32 bits per heavy atom. The van der Waals surface area contributed by atoms with Crippen molar-refractivity contribution in [1.82, 2.24) is 15.2 Å². The number of anilines is 1. The summed E-state index contributed by atoms with van der Waals surface area (Å²) in [6, 6.07) is 6.10. The first-order valence-electron chi connectivity index (χ1n) is 6.33. The summed E-state index contributed by atoms with van der Waals surface area (Å²) in [5.41, 5.74) is 7.89. The first kappa shape index (κ1) is 12.4. The number of aromatic nitrogens is 3. The monoisotopic (exact) mass is 277 g/mol. The zero-order chi connectivity index (χ0) is 13.4. The molecule has 1 atom stereocenters. The zero-order valence-electron chi connectivity index (χ0n) is 10.7. The van der Waals surface area contributed by atoms with Crippen molar-refractivity contribution in [1.29, 1.82) is 0 Å². The number of aryl methyl sites for hydroxylation is 1. The number of hydrogen-bond acceptors (Lipinski definition) is 4. The maximum absolute atomic E-state index is 6.23. The quantitative estimate of drug-likeness (QED) is 0.880. The summed E-state index contributed by atoms with van der Waals surface area (Å²) >= 11 is 6.23. The Kier molecular flexibility index (Phi) is 3.16. The Morgan fingerprint density at radius 1 is 1.47 bits per heavy atom. The van der Waals surface area contributed by atoms with E-state index in [2.05, 4.69) is 20.1 Å². The fourth-order valence-corrected chi connectivity index (χ4v) is 2.62. The molecule has 0 aliphatic carbocycles. The summed E-state index contributed by atoms with van der Waals surface area (Å²) in [7, 11) is 0. The van der Waals surface area contributed by atoms with Crippen molar-refractivity contribution in [3.63, 3.8) is 0 Å². The van der Waals surface area contributed by atoms with E-state index in [0.717, 1.165) is 30.6 Å². The molecular formula is C13H16ClN5. The lowest BCUT2D eigenvalue weighted by atomic mass is 10.1. The third-order valence-electron chi connectivity index (χ3n) is 3.36. The van der Waals surface area contributed by atoms with Crippen LogP contribution in [-0.2, 0) is 0 Å². The first-order chi connectivity index (χ1) is 9.13. The molecule has 1 aromatic carbocycles. The number of nitrogens with two attached hydrogens (primary N) is 1. The van der Waals surface area contributed by atoms with Gasteiger partial charge >= 0.3 is 0 Å². The smallest absolute Gasteiger partial charge is 0.245 e. The second kappa shape index (κ2) is 4.83. The molecule has 1 aromatic heterocycles. The van der Waals surface area contributed by atoms with Crippen molar-refractivity contribution in [3.8, 4) is 11.4 Å². The lowest BCUT2D eigenvalue weighted by Gasteiger charge is -2.11. The van der Waals surface area contributed by atoms with Gasteiger partial charge in [-0.3, -0.25) is 5.10 Å². The molecule has 3 N–H and O–H groups in total. The van der Waals surface area contributed by atoms with E-state index in [4.69, 9.17) is 17.3 Å². The molecule has 0 bridgehead atoms. The van der Waals surface area contributed by atoms with Gasteiger partial charge in [-0.2, -0.15) is 4.98 Å². The van der Waals surface area contributed by atoms with E-state index in [-0.39, 0.29) is 6.04 Å². The SMILES string of the molecule is Cc1ccc(-c2nc(N3CCC(N)C3)n[nH]2)c(Cl)c1. The Bertz CT molecular complexity index is 594. The van der Waals surface area contributed by atoms with Gasteiger partial charge in [0.25, 0.3) is 0 Å². The predicted molar refractivity (Wildman–Crippen MR) is 76.4 cm³/mol. The van der Waals surface area contributed by atoms with Crippen molar-refractivity contribution in [2.75, 3.05) is 18.0 Å². The number of benzene rings is 1. The Balaban J connectivity index is 1.88. The second-order valence-corrected chi connectivity index (χ2v) is 5.37. The van der Waals surface area contributed by atoms with Crippen molar-refractivity contribution in [2.45, 2.75) is 19.4 Å². The molecule has 1 unspecified atom stereocenters. The van der Waals surface area contributed by atoms with E-state index in [1.165, 1.54) is 0 Å². The highest BCUT2D eigenvalue weighted by molar-refractivity contribution is 6.33. The average molecular weight is 278 g/mol. The minimum atomic E-state index is 0.213. The lowest BCUT2D eigenvalue weighted by molar-refractivity contribution is 0.750. The number of H-pyrrole nitrogens is 1. The van der Waals surface area contributed by atoms with Crippen LogP contribution >= 0.6 is 11.6 Å². The van der Waals surface area contributed by atoms with Crippen LogP contribution in [0.3, 0.4) is 0 Å². The molecular weight excluding hydrogens is 262 g/mol. The van der Waals surface area contributed by atoms with Gasteiger partial charge in [0.15, 0.2) is 5.82 Å². The molecule has 3 rings (SSSR count). The van der Waals surface area contributed by atoms with Gasteiger partial charge in [0.2, 0.25) is 5.95 Å². The molecule has 2 heterocycles. The molecule has 0 amide bonds. The number of halogens is 1. The standard InChI is InChI=1S/C13H16ClN5/c1-8-2-3-10(11(14)6-8)12-16-13(18-17-12)19-5-4-9(15)7-19/h2-3,6,9H,4-5,7,15H2,1H3,(H,16,17,18). The molecule has 5 nitrogen and oxygen atoms in total. The van der Waals surface area contributed by atoms with Gasteiger partial charge in [-0.15, -0.1) is 5.10 Å². The van der Waals surface area contributed by atoms with Gasteiger partial charge in [-0.05, 0) is 31.0 Å². The number of aromatic amines is 1. The number of hydrogen-bond donors (Lipinski definition) is 2. The molecule has 2 aromatic rings. The number of nitrogens with one attached hydrogen (secondary N) is 1. The summed E-state index contributed by atoms with van der Waals surface area (Å²) in [5.74, 6) is 1.39. The maximum atomic E-state index is 6.23. The molecule has 1 fully saturated rings. The topological polar surface area (TPSA) is 70.8 Å². The van der Waals surface area contributed by atoms with E-state index in [1.807, 2.05) is 25.1 Å². The Hall–Kier alpha value is -1.59. The average Bonchev–Trinajstić information content (AvgIpc) is 2.97. The summed E-state index contributed by atoms with van der Waals surface area (Å²) in [4.78, 5) is 6.60. The lowest BCUT2D eigenvalue weighted by Crippen LogP contribution is -2.26. The van der Waals surface area contributed by atoms with Crippen LogP contribution in [0.2, 0.25) is 5.02 Å². The van der Waals surface area contributed by atoms with Crippen molar-refractivity contribution in [3.05, 3.63) is 28.8 Å². The zero-order valence-corrected chi connectivity index (χ0v) is 11.5.